The summed E-state index contributed by atoms with van der Waals surface area (Å²) in [4.78, 5) is 0. The first kappa shape index (κ1) is 19.5. The van der Waals surface area contributed by atoms with E-state index in [0.29, 0.717) is 0 Å². The molecule has 0 amide bonds. The van der Waals surface area contributed by atoms with Crippen LogP contribution >= 0.6 is 7.07 Å². The molecule has 0 spiro atoms. The van der Waals surface area contributed by atoms with Gasteiger partial charge in [0.2, 0.25) is 0 Å². The van der Waals surface area contributed by atoms with Crippen LogP contribution in [0.2, 0.25) is 0 Å². The van der Waals surface area contributed by atoms with E-state index in [0.717, 1.165) is 30.5 Å². The van der Waals surface area contributed by atoms with Gasteiger partial charge in [-0.2, -0.15) is 0 Å². The number of aryl methyl sites for hydroxylation is 1. The van der Waals surface area contributed by atoms with Crippen molar-refractivity contribution in [2.75, 3.05) is 0 Å². The molecule has 5 aromatic rings. The predicted molar refractivity (Wildman–Crippen MR) is 134 cm³/mol. The third kappa shape index (κ3) is 3.58. The van der Waals surface area contributed by atoms with E-state index in [1.54, 1.807) is 0 Å². The molecule has 0 aliphatic carbocycles. The van der Waals surface area contributed by atoms with Gasteiger partial charge in [0, 0.05) is 17.3 Å². The Balaban J connectivity index is 1.43. The molecule has 0 saturated carbocycles. The molecule has 4 heteroatoms. The predicted octanol–water partition coefficient (Wildman–Crippen LogP) is 7.21. The molecule has 1 atom stereocenters. The van der Waals surface area contributed by atoms with Gasteiger partial charge in [-0.3, -0.25) is 5.09 Å². The van der Waals surface area contributed by atoms with E-state index in [-0.39, 0.29) is 0 Å². The van der Waals surface area contributed by atoms with Gasteiger partial charge in [0.15, 0.2) is 7.07 Å². The molecule has 5 aromatic carbocycles. The highest BCUT2D eigenvalue weighted by atomic mass is 32.4. The highest BCUT2D eigenvalue weighted by Gasteiger charge is 2.12. The number of benzene rings is 5. The van der Waals surface area contributed by atoms with Gasteiger partial charge < -0.3 is 4.52 Å². The van der Waals surface area contributed by atoms with E-state index >= 15 is 0 Å². The topological polar surface area (TPSA) is 21.3 Å². The Morgan fingerprint density at radius 1 is 0.767 bits per heavy atom. The summed E-state index contributed by atoms with van der Waals surface area (Å²) in [5, 5.41) is 10.9. The summed E-state index contributed by atoms with van der Waals surface area (Å²) in [5.41, 5.74) is 2.70. The summed E-state index contributed by atoms with van der Waals surface area (Å²) in [7, 11) is -1.60. The van der Waals surface area contributed by atoms with Crippen LogP contribution < -0.4 is 9.61 Å². The summed E-state index contributed by atoms with van der Waals surface area (Å²) in [6, 6.07) is 28.0. The quantitative estimate of drug-likeness (QED) is 0.218. The standard InChI is InChI=1S/C26H24NOPS/c1-2-6-18-7-3-4-8-22(18)17-27-29(30)28-24-16-14-21-12-11-19-9-5-10-20-13-15-23(24)26(21)25(19)20/h3-5,7-16,29H,2,6,17H2,1H3,(H,27,30). The summed E-state index contributed by atoms with van der Waals surface area (Å²) in [5.74, 6) is 0.874. The molecule has 1 N–H and O–H groups in total. The smallest absolute Gasteiger partial charge is 0.166 e. The Kier molecular flexibility index (Phi) is 5.43. The molecule has 0 bridgehead atoms. The number of hydrogen-bond donors (Lipinski definition) is 1. The van der Waals surface area contributed by atoms with E-state index in [9.17, 15) is 0 Å². The fourth-order valence-electron chi connectivity index (χ4n) is 4.34. The maximum absolute atomic E-state index is 6.30. The molecular weight excluding hydrogens is 405 g/mol. The van der Waals surface area contributed by atoms with Crippen LogP contribution in [0.15, 0.2) is 78.9 Å². The summed E-state index contributed by atoms with van der Waals surface area (Å²) in [6.07, 6.45) is 2.23. The van der Waals surface area contributed by atoms with Gasteiger partial charge in [-0.15, -0.1) is 0 Å². The second-order valence-electron chi connectivity index (χ2n) is 7.68. The lowest BCUT2D eigenvalue weighted by Gasteiger charge is -2.16. The Hall–Kier alpha value is -2.45. The lowest BCUT2D eigenvalue weighted by Crippen LogP contribution is -2.08. The molecule has 0 saturated heterocycles. The Morgan fingerprint density at radius 3 is 2.20 bits per heavy atom. The Labute approximate surface area is 182 Å². The van der Waals surface area contributed by atoms with Crippen LogP contribution in [0.3, 0.4) is 0 Å². The van der Waals surface area contributed by atoms with E-state index < -0.39 is 7.07 Å². The van der Waals surface area contributed by atoms with Crippen LogP contribution in [0.4, 0.5) is 0 Å². The van der Waals surface area contributed by atoms with Gasteiger partial charge in [-0.1, -0.05) is 80.1 Å². The first-order valence-electron chi connectivity index (χ1n) is 10.4. The van der Waals surface area contributed by atoms with Crippen LogP contribution in [0, 0.1) is 0 Å². The van der Waals surface area contributed by atoms with Gasteiger partial charge in [0.1, 0.15) is 5.75 Å². The lowest BCUT2D eigenvalue weighted by molar-refractivity contribution is 0.621. The highest BCUT2D eigenvalue weighted by molar-refractivity contribution is 8.02. The van der Waals surface area contributed by atoms with Crippen molar-refractivity contribution in [3.63, 3.8) is 0 Å². The lowest BCUT2D eigenvalue weighted by atomic mass is 9.94. The van der Waals surface area contributed by atoms with Crippen molar-refractivity contribution in [3.8, 4) is 5.75 Å². The largest absolute Gasteiger partial charge is 0.455 e. The van der Waals surface area contributed by atoms with Crippen molar-refractivity contribution < 1.29 is 4.52 Å². The molecule has 1 unspecified atom stereocenters. The zero-order valence-corrected chi connectivity index (χ0v) is 18.8. The number of rotatable bonds is 7. The van der Waals surface area contributed by atoms with Crippen molar-refractivity contribution in [1.29, 1.82) is 0 Å². The van der Waals surface area contributed by atoms with Gasteiger partial charge in [0.05, 0.1) is 0 Å². The van der Waals surface area contributed by atoms with Crippen LogP contribution in [-0.2, 0) is 24.8 Å². The molecule has 0 aliphatic heterocycles. The molecule has 0 radical (unpaired) electrons. The summed E-state index contributed by atoms with van der Waals surface area (Å²) >= 11 is 5.71. The molecule has 0 heterocycles. The second-order valence-corrected chi connectivity index (χ2v) is 9.93. The number of hydrogen-bond acceptors (Lipinski definition) is 2. The molecule has 0 aliphatic rings. The Bertz CT molecular complexity index is 1350. The average Bonchev–Trinajstić information content (AvgIpc) is 2.78. The molecule has 5 rings (SSSR count). The Morgan fingerprint density at radius 2 is 1.43 bits per heavy atom. The summed E-state index contributed by atoms with van der Waals surface area (Å²) in [6.45, 7) is 2.96. The average molecular weight is 430 g/mol. The molecule has 0 fully saturated rings. The zero-order chi connectivity index (χ0) is 20.5. The normalized spacial score (nSPS) is 12.7. The fraction of sp³-hybridized carbons (Fsp3) is 0.154. The molecule has 30 heavy (non-hydrogen) atoms. The SMILES string of the molecule is CCCc1ccccc1CN[PH](=S)Oc1ccc2ccc3cccc4ccc1c2c34. The second kappa shape index (κ2) is 8.35. The first-order chi connectivity index (χ1) is 14.7. The van der Waals surface area contributed by atoms with Crippen molar-refractivity contribution in [2.24, 2.45) is 0 Å². The van der Waals surface area contributed by atoms with Gasteiger partial charge in [-0.25, -0.2) is 0 Å². The maximum atomic E-state index is 6.30. The fourth-order valence-corrected chi connectivity index (χ4v) is 5.61. The molecule has 2 nitrogen and oxygen atoms in total. The summed E-state index contributed by atoms with van der Waals surface area (Å²) < 4.78 is 6.30. The molecule has 0 aromatic heterocycles. The van der Waals surface area contributed by atoms with Crippen LogP contribution in [0.5, 0.6) is 5.75 Å². The molecular formula is C26H24NOPS. The van der Waals surface area contributed by atoms with Crippen molar-refractivity contribution >= 4 is 51.2 Å². The van der Waals surface area contributed by atoms with Gasteiger partial charge >= 0.3 is 0 Å². The third-order valence-corrected chi connectivity index (χ3v) is 7.31. The zero-order valence-electron chi connectivity index (χ0n) is 16.9. The molecule has 150 valence electrons. The number of nitrogens with one attached hydrogen (secondary N) is 1. The minimum absolute atomic E-state index is 0.750. The maximum Gasteiger partial charge on any atom is 0.166 e. The van der Waals surface area contributed by atoms with Gasteiger partial charge in [-0.05, 0) is 63.0 Å². The third-order valence-electron chi connectivity index (χ3n) is 5.75. The van der Waals surface area contributed by atoms with E-state index in [2.05, 4.69) is 90.9 Å². The van der Waals surface area contributed by atoms with Crippen LogP contribution in [0.25, 0.3) is 32.3 Å². The van der Waals surface area contributed by atoms with E-state index in [1.165, 1.54) is 38.1 Å². The van der Waals surface area contributed by atoms with Crippen LogP contribution in [-0.4, -0.2) is 0 Å². The van der Waals surface area contributed by atoms with Crippen molar-refractivity contribution in [3.05, 3.63) is 90.0 Å². The monoisotopic (exact) mass is 429 g/mol. The first-order valence-corrected chi connectivity index (χ1v) is 13.0. The highest BCUT2D eigenvalue weighted by Crippen LogP contribution is 2.40. The van der Waals surface area contributed by atoms with Crippen molar-refractivity contribution in [2.45, 2.75) is 26.3 Å². The minimum atomic E-state index is -1.60. The van der Waals surface area contributed by atoms with E-state index in [1.807, 2.05) is 0 Å². The van der Waals surface area contributed by atoms with E-state index in [4.69, 9.17) is 16.3 Å². The van der Waals surface area contributed by atoms with Crippen LogP contribution in [0.1, 0.15) is 24.5 Å². The minimum Gasteiger partial charge on any atom is -0.455 e. The van der Waals surface area contributed by atoms with Crippen molar-refractivity contribution in [1.82, 2.24) is 5.09 Å². The van der Waals surface area contributed by atoms with Gasteiger partial charge in [0.25, 0.3) is 0 Å².